The number of amides is 2. The molecule has 0 unspecified atom stereocenters. The standard InChI is InChI=1S/C23H16ClFN2O3/c1-30-19-12-8-17(9-13-19)26-21-20(14-2-4-15(24)5-3-14)22(28)27(23(21)29)18-10-6-16(25)7-11-18/h2-13,26H,1H3. The number of hydrogen-bond donors (Lipinski definition) is 1. The van der Waals surface area contributed by atoms with Crippen LogP contribution in [0.3, 0.4) is 0 Å². The Morgan fingerprint density at radius 2 is 1.50 bits per heavy atom. The van der Waals surface area contributed by atoms with Crippen LogP contribution in [-0.2, 0) is 9.59 Å². The molecule has 0 fully saturated rings. The third kappa shape index (κ3) is 3.65. The average Bonchev–Trinajstić information content (AvgIpc) is 3.00. The largest absolute Gasteiger partial charge is 0.497 e. The first kappa shape index (κ1) is 19.7. The number of hydrogen-bond acceptors (Lipinski definition) is 4. The normalized spacial score (nSPS) is 13.8. The van der Waals surface area contributed by atoms with Gasteiger partial charge in [-0.3, -0.25) is 9.59 Å². The van der Waals surface area contributed by atoms with Crippen LogP contribution in [0.1, 0.15) is 5.56 Å². The molecule has 0 saturated carbocycles. The van der Waals surface area contributed by atoms with Crippen molar-refractivity contribution in [3.05, 3.63) is 94.9 Å². The summed E-state index contributed by atoms with van der Waals surface area (Å²) in [5.41, 5.74) is 1.76. The zero-order valence-corrected chi connectivity index (χ0v) is 16.6. The lowest BCUT2D eigenvalue weighted by atomic mass is 10.0. The molecule has 3 aromatic carbocycles. The molecule has 0 saturated heterocycles. The number of ether oxygens (including phenoxy) is 1. The molecule has 0 aliphatic carbocycles. The summed E-state index contributed by atoms with van der Waals surface area (Å²) in [6.07, 6.45) is 0. The van der Waals surface area contributed by atoms with E-state index in [0.717, 1.165) is 4.90 Å². The van der Waals surface area contributed by atoms with Crippen molar-refractivity contribution < 1.29 is 18.7 Å². The highest BCUT2D eigenvalue weighted by Crippen LogP contribution is 2.34. The van der Waals surface area contributed by atoms with E-state index in [1.54, 1.807) is 55.6 Å². The number of rotatable bonds is 5. The first-order chi connectivity index (χ1) is 14.5. The lowest BCUT2D eigenvalue weighted by molar-refractivity contribution is -0.120. The van der Waals surface area contributed by atoms with Gasteiger partial charge in [0, 0.05) is 10.7 Å². The van der Waals surface area contributed by atoms with Gasteiger partial charge in [-0.05, 0) is 66.2 Å². The van der Waals surface area contributed by atoms with Crippen LogP contribution in [-0.4, -0.2) is 18.9 Å². The highest BCUT2D eigenvalue weighted by molar-refractivity contribution is 6.46. The molecule has 2 amide bonds. The van der Waals surface area contributed by atoms with E-state index in [1.807, 2.05) is 0 Å². The molecule has 1 aliphatic rings. The Bertz CT molecular complexity index is 1140. The summed E-state index contributed by atoms with van der Waals surface area (Å²) in [4.78, 5) is 27.5. The second-order valence-electron chi connectivity index (χ2n) is 6.53. The molecule has 30 heavy (non-hydrogen) atoms. The summed E-state index contributed by atoms with van der Waals surface area (Å²) in [6, 6.07) is 18.8. The predicted molar refractivity (Wildman–Crippen MR) is 114 cm³/mol. The predicted octanol–water partition coefficient (Wildman–Crippen LogP) is 4.88. The van der Waals surface area contributed by atoms with Crippen molar-refractivity contribution in [1.29, 1.82) is 0 Å². The molecule has 7 heteroatoms. The molecular formula is C23H16ClFN2O3. The van der Waals surface area contributed by atoms with Crippen LogP contribution in [0.4, 0.5) is 15.8 Å². The van der Waals surface area contributed by atoms with Crippen LogP contribution in [0.25, 0.3) is 5.57 Å². The van der Waals surface area contributed by atoms with Crippen molar-refractivity contribution in [2.75, 3.05) is 17.3 Å². The highest BCUT2D eigenvalue weighted by Gasteiger charge is 2.40. The zero-order valence-electron chi connectivity index (χ0n) is 15.9. The van der Waals surface area contributed by atoms with E-state index in [9.17, 15) is 14.0 Å². The minimum Gasteiger partial charge on any atom is -0.497 e. The Morgan fingerprint density at radius 1 is 0.867 bits per heavy atom. The molecule has 1 aliphatic heterocycles. The number of nitrogens with one attached hydrogen (secondary N) is 1. The fraction of sp³-hybridized carbons (Fsp3) is 0.0435. The van der Waals surface area contributed by atoms with E-state index < -0.39 is 17.6 Å². The maximum absolute atomic E-state index is 13.3. The molecule has 0 radical (unpaired) electrons. The Labute approximate surface area is 177 Å². The maximum Gasteiger partial charge on any atom is 0.282 e. The summed E-state index contributed by atoms with van der Waals surface area (Å²) in [6.45, 7) is 0. The number of anilines is 2. The number of carbonyl (C=O) groups excluding carboxylic acids is 2. The molecule has 150 valence electrons. The van der Waals surface area contributed by atoms with Gasteiger partial charge in [-0.1, -0.05) is 23.7 Å². The van der Waals surface area contributed by atoms with Crippen LogP contribution in [0, 0.1) is 5.82 Å². The van der Waals surface area contributed by atoms with Crippen LogP contribution in [0.5, 0.6) is 5.75 Å². The van der Waals surface area contributed by atoms with Gasteiger partial charge in [0.05, 0.1) is 18.4 Å². The molecular weight excluding hydrogens is 407 g/mol. The second kappa shape index (κ2) is 8.00. The van der Waals surface area contributed by atoms with Crippen molar-refractivity contribution in [3.8, 4) is 5.75 Å². The van der Waals surface area contributed by atoms with Gasteiger partial charge in [0.2, 0.25) is 0 Å². The van der Waals surface area contributed by atoms with Gasteiger partial charge in [0.15, 0.2) is 0 Å². The van der Waals surface area contributed by atoms with Gasteiger partial charge in [0.1, 0.15) is 17.3 Å². The van der Waals surface area contributed by atoms with E-state index in [1.165, 1.54) is 24.3 Å². The first-order valence-corrected chi connectivity index (χ1v) is 9.41. The summed E-state index contributed by atoms with van der Waals surface area (Å²) >= 11 is 5.98. The highest BCUT2D eigenvalue weighted by atomic mass is 35.5. The number of nitrogens with zero attached hydrogens (tertiary/aromatic N) is 1. The molecule has 1 heterocycles. The molecule has 0 atom stereocenters. The van der Waals surface area contributed by atoms with Crippen molar-refractivity contribution in [1.82, 2.24) is 0 Å². The third-order valence-corrected chi connectivity index (χ3v) is 4.91. The fourth-order valence-corrected chi connectivity index (χ4v) is 3.30. The molecule has 0 aromatic heterocycles. The number of imide groups is 1. The zero-order chi connectivity index (χ0) is 21.3. The number of benzene rings is 3. The number of carbonyl (C=O) groups is 2. The second-order valence-corrected chi connectivity index (χ2v) is 6.97. The molecule has 0 bridgehead atoms. The summed E-state index contributed by atoms with van der Waals surface area (Å²) in [5.74, 6) is -0.841. The van der Waals surface area contributed by atoms with Gasteiger partial charge in [-0.2, -0.15) is 0 Å². The van der Waals surface area contributed by atoms with Gasteiger partial charge < -0.3 is 10.1 Å². The minimum absolute atomic E-state index is 0.122. The topological polar surface area (TPSA) is 58.6 Å². The van der Waals surface area contributed by atoms with E-state index >= 15 is 0 Å². The van der Waals surface area contributed by atoms with Gasteiger partial charge in [-0.25, -0.2) is 9.29 Å². The Hall–Kier alpha value is -3.64. The van der Waals surface area contributed by atoms with E-state index in [2.05, 4.69) is 5.32 Å². The lowest BCUT2D eigenvalue weighted by Gasteiger charge is -2.15. The lowest BCUT2D eigenvalue weighted by Crippen LogP contribution is -2.32. The number of methoxy groups -OCH3 is 1. The quantitative estimate of drug-likeness (QED) is 0.595. The SMILES string of the molecule is COc1ccc(NC2=C(c3ccc(Cl)cc3)C(=O)N(c3ccc(F)cc3)C2=O)cc1. The van der Waals surface area contributed by atoms with Crippen molar-refractivity contribution in [3.63, 3.8) is 0 Å². The summed E-state index contributed by atoms with van der Waals surface area (Å²) in [5, 5.41) is 3.56. The van der Waals surface area contributed by atoms with Gasteiger partial charge >= 0.3 is 0 Å². The van der Waals surface area contributed by atoms with E-state index in [0.29, 0.717) is 22.0 Å². The van der Waals surface area contributed by atoms with Crippen LogP contribution in [0.2, 0.25) is 5.02 Å². The van der Waals surface area contributed by atoms with Gasteiger partial charge in [-0.15, -0.1) is 0 Å². The van der Waals surface area contributed by atoms with E-state index in [-0.39, 0.29) is 17.0 Å². The van der Waals surface area contributed by atoms with Crippen LogP contribution < -0.4 is 15.0 Å². The van der Waals surface area contributed by atoms with Crippen LogP contribution in [0.15, 0.2) is 78.5 Å². The molecule has 3 aromatic rings. The summed E-state index contributed by atoms with van der Waals surface area (Å²) in [7, 11) is 1.56. The monoisotopic (exact) mass is 422 g/mol. The Balaban J connectivity index is 1.78. The van der Waals surface area contributed by atoms with Crippen molar-refractivity contribution >= 4 is 40.4 Å². The molecule has 0 spiro atoms. The molecule has 1 N–H and O–H groups in total. The van der Waals surface area contributed by atoms with Crippen LogP contribution >= 0.6 is 11.6 Å². The summed E-state index contributed by atoms with van der Waals surface area (Å²) < 4.78 is 18.5. The van der Waals surface area contributed by atoms with Gasteiger partial charge in [0.25, 0.3) is 11.8 Å². The smallest absolute Gasteiger partial charge is 0.282 e. The Morgan fingerprint density at radius 3 is 2.10 bits per heavy atom. The fourth-order valence-electron chi connectivity index (χ4n) is 3.17. The minimum atomic E-state index is -0.535. The number of halogens is 2. The molecule has 4 rings (SSSR count). The molecule has 5 nitrogen and oxygen atoms in total. The van der Waals surface area contributed by atoms with Crippen molar-refractivity contribution in [2.45, 2.75) is 0 Å². The van der Waals surface area contributed by atoms with E-state index in [4.69, 9.17) is 16.3 Å². The third-order valence-electron chi connectivity index (χ3n) is 4.66. The van der Waals surface area contributed by atoms with Crippen molar-refractivity contribution in [2.24, 2.45) is 0 Å². The Kier molecular flexibility index (Phi) is 5.25. The first-order valence-electron chi connectivity index (χ1n) is 9.03. The maximum atomic E-state index is 13.3. The average molecular weight is 423 g/mol.